The van der Waals surface area contributed by atoms with Gasteiger partial charge in [-0.2, -0.15) is 5.10 Å². The van der Waals surface area contributed by atoms with Gasteiger partial charge >= 0.3 is 0 Å². The number of anilines is 1. The van der Waals surface area contributed by atoms with Crippen LogP contribution in [-0.2, 0) is 0 Å². The van der Waals surface area contributed by atoms with Crippen LogP contribution >= 0.6 is 0 Å². The van der Waals surface area contributed by atoms with Crippen LogP contribution in [0.3, 0.4) is 0 Å². The molecule has 3 nitrogen and oxygen atoms in total. The van der Waals surface area contributed by atoms with E-state index in [9.17, 15) is 0 Å². The Morgan fingerprint density at radius 3 is 2.74 bits per heavy atom. The highest BCUT2D eigenvalue weighted by atomic mass is 15.2. The SMILES string of the molecule is Cc1cccc(-c2c(N)n[nH]c2C2CCCCC2)c1. The first kappa shape index (κ1) is 12.3. The van der Waals surface area contributed by atoms with Gasteiger partial charge in [0.25, 0.3) is 0 Å². The summed E-state index contributed by atoms with van der Waals surface area (Å²) in [6.07, 6.45) is 6.49. The van der Waals surface area contributed by atoms with Crippen LogP contribution in [0.4, 0.5) is 5.82 Å². The van der Waals surface area contributed by atoms with Crippen LogP contribution in [0.1, 0.15) is 49.3 Å². The number of hydrogen-bond acceptors (Lipinski definition) is 2. The van der Waals surface area contributed by atoms with Crippen molar-refractivity contribution >= 4 is 5.82 Å². The zero-order chi connectivity index (χ0) is 13.2. The third kappa shape index (κ3) is 2.37. The van der Waals surface area contributed by atoms with E-state index in [1.165, 1.54) is 48.9 Å². The van der Waals surface area contributed by atoms with Gasteiger partial charge in [0.05, 0.1) is 0 Å². The van der Waals surface area contributed by atoms with Crippen molar-refractivity contribution in [1.29, 1.82) is 0 Å². The molecule has 2 aromatic rings. The van der Waals surface area contributed by atoms with Crippen LogP contribution in [-0.4, -0.2) is 10.2 Å². The molecule has 3 rings (SSSR count). The minimum atomic E-state index is 0.592. The average Bonchev–Trinajstić information content (AvgIpc) is 2.82. The lowest BCUT2D eigenvalue weighted by Crippen LogP contribution is -2.06. The smallest absolute Gasteiger partial charge is 0.153 e. The third-order valence-electron chi connectivity index (χ3n) is 4.14. The number of nitrogens with one attached hydrogen (secondary N) is 1. The van der Waals surface area contributed by atoms with Gasteiger partial charge in [-0.3, -0.25) is 5.10 Å². The summed E-state index contributed by atoms with van der Waals surface area (Å²) in [6.45, 7) is 2.11. The zero-order valence-electron chi connectivity index (χ0n) is 11.4. The Morgan fingerprint density at radius 1 is 1.21 bits per heavy atom. The first-order valence-corrected chi connectivity index (χ1v) is 7.16. The number of H-pyrrole nitrogens is 1. The lowest BCUT2D eigenvalue weighted by Gasteiger charge is -2.21. The van der Waals surface area contributed by atoms with Gasteiger partial charge in [0.15, 0.2) is 5.82 Å². The lowest BCUT2D eigenvalue weighted by molar-refractivity contribution is 0.437. The maximum atomic E-state index is 6.09. The highest BCUT2D eigenvalue weighted by Crippen LogP contribution is 2.39. The molecule has 1 aliphatic carbocycles. The van der Waals surface area contributed by atoms with E-state index in [2.05, 4.69) is 41.4 Å². The van der Waals surface area contributed by atoms with Gasteiger partial charge in [0.1, 0.15) is 0 Å². The van der Waals surface area contributed by atoms with E-state index in [1.54, 1.807) is 0 Å². The molecule has 1 aromatic heterocycles. The molecule has 1 saturated carbocycles. The number of aromatic nitrogens is 2. The van der Waals surface area contributed by atoms with Crippen molar-refractivity contribution in [3.05, 3.63) is 35.5 Å². The van der Waals surface area contributed by atoms with E-state index in [0.29, 0.717) is 11.7 Å². The predicted octanol–water partition coefficient (Wildman–Crippen LogP) is 4.02. The second kappa shape index (κ2) is 5.08. The van der Waals surface area contributed by atoms with Gasteiger partial charge in [-0.05, 0) is 25.3 Å². The molecule has 0 radical (unpaired) electrons. The number of aryl methyl sites for hydroxylation is 1. The molecule has 0 bridgehead atoms. The Kier molecular flexibility index (Phi) is 3.28. The summed E-state index contributed by atoms with van der Waals surface area (Å²) in [5.74, 6) is 1.22. The van der Waals surface area contributed by atoms with Crippen molar-refractivity contribution in [2.45, 2.75) is 44.9 Å². The molecule has 0 atom stereocenters. The molecule has 1 fully saturated rings. The van der Waals surface area contributed by atoms with Gasteiger partial charge in [-0.25, -0.2) is 0 Å². The van der Waals surface area contributed by atoms with Gasteiger partial charge in [0.2, 0.25) is 0 Å². The molecule has 1 aromatic carbocycles. The van der Waals surface area contributed by atoms with Crippen LogP contribution in [0, 0.1) is 6.92 Å². The topological polar surface area (TPSA) is 54.7 Å². The number of rotatable bonds is 2. The van der Waals surface area contributed by atoms with Gasteiger partial charge in [-0.15, -0.1) is 0 Å². The predicted molar refractivity (Wildman–Crippen MR) is 79.0 cm³/mol. The summed E-state index contributed by atoms with van der Waals surface area (Å²) >= 11 is 0. The largest absolute Gasteiger partial charge is 0.382 e. The molecule has 100 valence electrons. The molecule has 19 heavy (non-hydrogen) atoms. The van der Waals surface area contributed by atoms with E-state index in [4.69, 9.17) is 5.73 Å². The molecule has 0 amide bonds. The molecular weight excluding hydrogens is 234 g/mol. The van der Waals surface area contributed by atoms with E-state index < -0.39 is 0 Å². The lowest BCUT2D eigenvalue weighted by atomic mass is 9.84. The standard InChI is InChI=1S/C16H21N3/c1-11-6-5-9-13(10-11)14-15(18-19-16(14)17)12-7-3-2-4-8-12/h5-6,9-10,12H,2-4,7-8H2,1H3,(H3,17,18,19). The molecule has 3 N–H and O–H groups in total. The highest BCUT2D eigenvalue weighted by molar-refractivity contribution is 5.77. The van der Waals surface area contributed by atoms with Crippen LogP contribution < -0.4 is 5.73 Å². The van der Waals surface area contributed by atoms with Crippen molar-refractivity contribution < 1.29 is 0 Å². The Labute approximate surface area is 114 Å². The van der Waals surface area contributed by atoms with E-state index in [-0.39, 0.29) is 0 Å². The molecule has 0 spiro atoms. The summed E-state index contributed by atoms with van der Waals surface area (Å²) in [5, 5.41) is 7.44. The van der Waals surface area contributed by atoms with Crippen LogP contribution in [0.2, 0.25) is 0 Å². The molecule has 0 unspecified atom stereocenters. The van der Waals surface area contributed by atoms with Gasteiger partial charge < -0.3 is 5.73 Å². The average molecular weight is 255 g/mol. The molecule has 0 aliphatic heterocycles. The number of nitrogens with zero attached hydrogens (tertiary/aromatic N) is 1. The Bertz CT molecular complexity index is 565. The van der Waals surface area contributed by atoms with Crippen LogP contribution in [0.25, 0.3) is 11.1 Å². The minimum Gasteiger partial charge on any atom is -0.382 e. The maximum Gasteiger partial charge on any atom is 0.153 e. The second-order valence-electron chi connectivity index (χ2n) is 5.60. The Hall–Kier alpha value is -1.77. The number of nitrogen functional groups attached to an aromatic ring is 1. The monoisotopic (exact) mass is 255 g/mol. The molecule has 1 aliphatic rings. The van der Waals surface area contributed by atoms with Crippen molar-refractivity contribution in [2.75, 3.05) is 5.73 Å². The number of aromatic amines is 1. The molecular formula is C16H21N3. The number of benzene rings is 1. The normalized spacial score (nSPS) is 16.7. The Balaban J connectivity index is 2.03. The fourth-order valence-corrected chi connectivity index (χ4v) is 3.16. The first-order chi connectivity index (χ1) is 9.25. The zero-order valence-corrected chi connectivity index (χ0v) is 11.4. The summed E-state index contributed by atoms with van der Waals surface area (Å²) in [7, 11) is 0. The van der Waals surface area contributed by atoms with Crippen molar-refractivity contribution in [3.8, 4) is 11.1 Å². The van der Waals surface area contributed by atoms with Crippen molar-refractivity contribution in [2.24, 2.45) is 0 Å². The summed E-state index contributed by atoms with van der Waals surface area (Å²) < 4.78 is 0. The quantitative estimate of drug-likeness (QED) is 0.851. The molecule has 3 heteroatoms. The molecule has 1 heterocycles. The maximum absolute atomic E-state index is 6.09. The number of hydrogen-bond donors (Lipinski definition) is 2. The highest BCUT2D eigenvalue weighted by Gasteiger charge is 2.23. The van der Waals surface area contributed by atoms with Crippen LogP contribution in [0.15, 0.2) is 24.3 Å². The third-order valence-corrected chi connectivity index (χ3v) is 4.14. The first-order valence-electron chi connectivity index (χ1n) is 7.16. The van der Waals surface area contributed by atoms with Crippen molar-refractivity contribution in [3.63, 3.8) is 0 Å². The second-order valence-corrected chi connectivity index (χ2v) is 5.60. The van der Waals surface area contributed by atoms with Crippen LogP contribution in [0.5, 0.6) is 0 Å². The fraction of sp³-hybridized carbons (Fsp3) is 0.438. The summed E-state index contributed by atoms with van der Waals surface area (Å²) in [6, 6.07) is 8.51. The van der Waals surface area contributed by atoms with E-state index in [0.717, 1.165) is 5.56 Å². The summed E-state index contributed by atoms with van der Waals surface area (Å²) in [4.78, 5) is 0. The molecule has 0 saturated heterocycles. The summed E-state index contributed by atoms with van der Waals surface area (Å²) in [5.41, 5.74) is 10.9. The minimum absolute atomic E-state index is 0.592. The van der Waals surface area contributed by atoms with Gasteiger partial charge in [-0.1, -0.05) is 49.1 Å². The van der Waals surface area contributed by atoms with Crippen molar-refractivity contribution in [1.82, 2.24) is 10.2 Å². The van der Waals surface area contributed by atoms with E-state index in [1.807, 2.05) is 0 Å². The van der Waals surface area contributed by atoms with E-state index >= 15 is 0 Å². The Morgan fingerprint density at radius 2 is 2.00 bits per heavy atom. The number of nitrogens with two attached hydrogens (primary N) is 1. The fourth-order valence-electron chi connectivity index (χ4n) is 3.16. The van der Waals surface area contributed by atoms with Gasteiger partial charge in [0, 0.05) is 17.2 Å².